The van der Waals surface area contributed by atoms with E-state index in [2.05, 4.69) is 6.72 Å². The molecule has 1 aliphatic rings. The van der Waals surface area contributed by atoms with Crippen LogP contribution in [0.4, 0.5) is 5.69 Å². The molecule has 0 spiro atoms. The maximum Gasteiger partial charge on any atom is 0.379 e. The van der Waals surface area contributed by atoms with Gasteiger partial charge in [-0.05, 0) is 13.0 Å². The molecule has 1 aliphatic heterocycles. The zero-order valence-electron chi connectivity index (χ0n) is 10.4. The van der Waals surface area contributed by atoms with Crippen LogP contribution in [-0.2, 0) is 14.3 Å². The van der Waals surface area contributed by atoms with Crippen molar-refractivity contribution in [1.82, 2.24) is 0 Å². The van der Waals surface area contributed by atoms with E-state index in [4.69, 9.17) is 4.74 Å². The lowest BCUT2D eigenvalue weighted by Gasteiger charge is -2.00. The summed E-state index contributed by atoms with van der Waals surface area (Å²) in [7, 11) is 0. The first kappa shape index (κ1) is 12.2. The molecule has 0 saturated heterocycles. The lowest BCUT2D eigenvalue weighted by Crippen LogP contribution is -2.18. The van der Waals surface area contributed by atoms with Gasteiger partial charge in [-0.3, -0.25) is 4.79 Å². The third kappa shape index (κ3) is 1.76. The van der Waals surface area contributed by atoms with E-state index in [9.17, 15) is 9.59 Å². The van der Waals surface area contributed by atoms with Crippen molar-refractivity contribution in [3.8, 4) is 0 Å². The molecule has 0 atom stereocenters. The summed E-state index contributed by atoms with van der Waals surface area (Å²) in [6.45, 7) is 7.49. The van der Waals surface area contributed by atoms with Crippen molar-refractivity contribution in [1.29, 1.82) is 0 Å². The lowest BCUT2D eigenvalue weighted by atomic mass is 10.0. The van der Waals surface area contributed by atoms with Crippen LogP contribution < -0.4 is 0 Å². The van der Waals surface area contributed by atoms with Crippen molar-refractivity contribution in [2.75, 3.05) is 6.61 Å². The predicted molar refractivity (Wildman–Crippen MR) is 67.7 cm³/mol. The highest BCUT2D eigenvalue weighted by molar-refractivity contribution is 6.52. The fourth-order valence-electron chi connectivity index (χ4n) is 2.02. The number of allylic oxidation sites excluding steroid dienone is 1. The average molecular weight is 244 g/mol. The molecule has 2 rings (SSSR count). The fraction of sp³-hybridized carbons (Fsp3) is 0.214. The second-order valence-corrected chi connectivity index (χ2v) is 3.96. The van der Waals surface area contributed by atoms with Crippen molar-refractivity contribution in [2.24, 2.45) is 0 Å². The second kappa shape index (κ2) is 4.56. The van der Waals surface area contributed by atoms with Crippen LogP contribution in [0.25, 0.3) is 5.57 Å². The van der Waals surface area contributed by atoms with E-state index in [1.165, 1.54) is 0 Å². The molecule has 1 aromatic carbocycles. The van der Waals surface area contributed by atoms with Crippen LogP contribution in [0, 0.1) is 0 Å². The Morgan fingerprint density at radius 2 is 2.00 bits per heavy atom. The van der Waals surface area contributed by atoms with Crippen molar-refractivity contribution >= 4 is 29.7 Å². The minimum absolute atomic E-state index is 0.187. The van der Waals surface area contributed by atoms with Crippen LogP contribution in [0.5, 0.6) is 0 Å². The van der Waals surface area contributed by atoms with E-state index in [0.29, 0.717) is 11.3 Å². The summed E-state index contributed by atoms with van der Waals surface area (Å²) in [4.78, 5) is 23.6. The van der Waals surface area contributed by atoms with Gasteiger partial charge in [-0.25, -0.2) is 4.79 Å². The number of hydrogen-bond donors (Lipinski definition) is 0. The summed E-state index contributed by atoms with van der Waals surface area (Å²) in [6.07, 6.45) is 0. The number of nitrogens with zero attached hydrogens (tertiary/aromatic N) is 1. The molecule has 0 bridgehead atoms. The third-order valence-electron chi connectivity index (χ3n) is 2.92. The first-order valence-corrected chi connectivity index (χ1v) is 5.70. The Balaban J connectivity index is 2.48. The summed E-state index contributed by atoms with van der Waals surface area (Å²) < 4.78 is 6.41. The van der Waals surface area contributed by atoms with Gasteiger partial charge in [-0.15, -0.1) is 0 Å². The number of Topliss-reactive ketones (excluding diaryl/α,β-unsaturated/α-hetero) is 1. The number of para-hydroxylation sites is 1. The number of ether oxygens (including phenoxy) is 1. The number of ketones is 1. The molecule has 0 aliphatic carbocycles. The normalized spacial score (nSPS) is 13.6. The van der Waals surface area contributed by atoms with E-state index < -0.39 is 11.8 Å². The Morgan fingerprint density at radius 1 is 1.33 bits per heavy atom. The minimum Gasteiger partial charge on any atom is -0.460 e. The highest BCUT2D eigenvalue weighted by atomic mass is 16.5. The molecule has 1 aromatic rings. The molecule has 0 amide bonds. The van der Waals surface area contributed by atoms with Crippen molar-refractivity contribution in [3.63, 3.8) is 0 Å². The first-order chi connectivity index (χ1) is 8.57. The summed E-state index contributed by atoms with van der Waals surface area (Å²) >= 11 is 0. The number of rotatable bonds is 3. The Labute approximate surface area is 105 Å². The van der Waals surface area contributed by atoms with Crippen LogP contribution in [0.2, 0.25) is 0 Å². The molecule has 0 unspecified atom stereocenters. The lowest BCUT2D eigenvalue weighted by molar-refractivity contribution is -0.367. The SMILES string of the molecule is C=[N+]1C(C)=C(C(=O)C(=O)OCC)c2ccccc21. The maximum absolute atomic E-state index is 12.1. The number of carbonyl (C=O) groups is 2. The number of carbonyl (C=O) groups excluding carboxylic acids is 2. The van der Waals surface area contributed by atoms with E-state index in [1.807, 2.05) is 18.2 Å². The molecule has 0 N–H and O–H groups in total. The minimum atomic E-state index is -0.822. The largest absolute Gasteiger partial charge is 0.460 e. The molecule has 4 nitrogen and oxygen atoms in total. The molecular weight excluding hydrogens is 230 g/mol. The number of benzene rings is 1. The van der Waals surface area contributed by atoms with E-state index in [0.717, 1.165) is 11.3 Å². The number of esters is 1. The van der Waals surface area contributed by atoms with Gasteiger partial charge in [-0.1, -0.05) is 12.1 Å². The maximum atomic E-state index is 12.1. The number of hydrogen-bond acceptors (Lipinski definition) is 3. The Bertz CT molecular complexity index is 584. The fourth-order valence-corrected chi connectivity index (χ4v) is 2.02. The molecular formula is C14H14NO3+. The highest BCUT2D eigenvalue weighted by Gasteiger charge is 2.37. The van der Waals surface area contributed by atoms with Gasteiger partial charge in [0.25, 0.3) is 5.78 Å². The quantitative estimate of drug-likeness (QED) is 0.463. The van der Waals surface area contributed by atoms with Crippen LogP contribution in [-0.4, -0.2) is 29.7 Å². The Morgan fingerprint density at radius 3 is 2.67 bits per heavy atom. The molecule has 0 saturated carbocycles. The van der Waals surface area contributed by atoms with Crippen LogP contribution >= 0.6 is 0 Å². The smallest absolute Gasteiger partial charge is 0.379 e. The summed E-state index contributed by atoms with van der Waals surface area (Å²) in [5, 5.41) is 0. The van der Waals surface area contributed by atoms with E-state index in [-0.39, 0.29) is 6.61 Å². The van der Waals surface area contributed by atoms with E-state index in [1.54, 1.807) is 24.5 Å². The zero-order valence-corrected chi connectivity index (χ0v) is 10.4. The van der Waals surface area contributed by atoms with Crippen LogP contribution in [0.1, 0.15) is 19.4 Å². The summed E-state index contributed by atoms with van der Waals surface area (Å²) in [5.74, 6) is -1.44. The van der Waals surface area contributed by atoms with Gasteiger partial charge in [0, 0.05) is 13.0 Å². The van der Waals surface area contributed by atoms with Gasteiger partial charge in [0.2, 0.25) is 5.69 Å². The van der Waals surface area contributed by atoms with Gasteiger partial charge >= 0.3 is 5.97 Å². The monoisotopic (exact) mass is 244 g/mol. The van der Waals surface area contributed by atoms with Gasteiger partial charge in [0.05, 0.1) is 12.2 Å². The van der Waals surface area contributed by atoms with E-state index >= 15 is 0 Å². The first-order valence-electron chi connectivity index (χ1n) is 5.70. The molecule has 0 fully saturated rings. The topological polar surface area (TPSA) is 46.4 Å². The highest BCUT2D eigenvalue weighted by Crippen LogP contribution is 2.37. The van der Waals surface area contributed by atoms with Crippen LogP contribution in [0.15, 0.2) is 30.0 Å². The van der Waals surface area contributed by atoms with Crippen molar-refractivity contribution in [3.05, 3.63) is 35.5 Å². The molecule has 1 heterocycles. The van der Waals surface area contributed by atoms with Gasteiger partial charge in [-0.2, -0.15) is 4.58 Å². The zero-order chi connectivity index (χ0) is 13.3. The van der Waals surface area contributed by atoms with Crippen molar-refractivity contribution < 1.29 is 18.9 Å². The van der Waals surface area contributed by atoms with Crippen molar-refractivity contribution in [2.45, 2.75) is 13.8 Å². The van der Waals surface area contributed by atoms with Gasteiger partial charge in [0.15, 0.2) is 5.70 Å². The molecule has 0 radical (unpaired) electrons. The number of fused-ring (bicyclic) bond motifs is 1. The average Bonchev–Trinajstić information content (AvgIpc) is 2.62. The van der Waals surface area contributed by atoms with Crippen LogP contribution in [0.3, 0.4) is 0 Å². The molecule has 4 heteroatoms. The third-order valence-corrected chi connectivity index (χ3v) is 2.92. The Hall–Kier alpha value is -2.23. The Kier molecular flexibility index (Phi) is 3.10. The molecule has 18 heavy (non-hydrogen) atoms. The molecule has 0 aromatic heterocycles. The summed E-state index contributed by atoms with van der Waals surface area (Å²) in [6, 6.07) is 7.35. The molecule has 92 valence electrons. The standard InChI is InChI=1S/C14H14NO3/c1-4-18-14(17)13(16)12-9(2)15(3)11-8-6-5-7-10(11)12/h5-8H,3-4H2,1-2H3/q+1. The summed E-state index contributed by atoms with van der Waals surface area (Å²) in [5.41, 5.74) is 2.58. The van der Waals surface area contributed by atoms with Gasteiger partial charge in [0.1, 0.15) is 12.3 Å². The second-order valence-electron chi connectivity index (χ2n) is 3.96. The van der Waals surface area contributed by atoms with Gasteiger partial charge < -0.3 is 4.74 Å². The predicted octanol–water partition coefficient (Wildman–Crippen LogP) is 1.91.